The molecule has 1 heterocycles. The predicted octanol–water partition coefficient (Wildman–Crippen LogP) is 4.38. The van der Waals surface area contributed by atoms with Gasteiger partial charge in [-0.2, -0.15) is 5.26 Å². The molecule has 0 unspecified atom stereocenters. The molecule has 2 aromatic rings. The van der Waals surface area contributed by atoms with Crippen molar-refractivity contribution in [3.05, 3.63) is 34.2 Å². The van der Waals surface area contributed by atoms with Crippen LogP contribution in [-0.4, -0.2) is 0 Å². The van der Waals surface area contributed by atoms with Crippen LogP contribution in [0.5, 0.6) is 0 Å². The minimum Gasteiger partial charge on any atom is -0.192 e. The van der Waals surface area contributed by atoms with Crippen molar-refractivity contribution in [3.8, 4) is 6.07 Å². The molecule has 0 saturated carbocycles. The topological polar surface area (TPSA) is 23.8 Å². The van der Waals surface area contributed by atoms with E-state index < -0.39 is 0 Å². The van der Waals surface area contributed by atoms with Crippen LogP contribution in [0, 0.1) is 18.3 Å². The quantitative estimate of drug-likeness (QED) is 0.657. The number of rotatable bonds is 0. The van der Waals surface area contributed by atoms with Crippen LogP contribution in [0.15, 0.2) is 18.2 Å². The third kappa shape index (κ3) is 1.62. The molecule has 2 heteroatoms. The highest BCUT2D eigenvalue weighted by Crippen LogP contribution is 2.39. The molecule has 0 aliphatic rings. The van der Waals surface area contributed by atoms with E-state index in [-0.39, 0.29) is 5.41 Å². The molecule has 0 spiro atoms. The fourth-order valence-corrected chi connectivity index (χ4v) is 3.18. The van der Waals surface area contributed by atoms with Gasteiger partial charge in [-0.05, 0) is 17.9 Å². The van der Waals surface area contributed by atoms with E-state index in [0.29, 0.717) is 0 Å². The maximum atomic E-state index is 9.32. The Morgan fingerprint density at radius 3 is 2.50 bits per heavy atom. The van der Waals surface area contributed by atoms with Crippen molar-refractivity contribution < 1.29 is 0 Å². The number of nitrogens with zero attached hydrogens (tertiary/aromatic N) is 1. The van der Waals surface area contributed by atoms with Gasteiger partial charge in [0.05, 0.1) is 5.56 Å². The second-order valence-electron chi connectivity index (χ2n) is 5.12. The second-order valence-corrected chi connectivity index (χ2v) is 6.14. The molecule has 82 valence electrons. The lowest BCUT2D eigenvalue weighted by atomic mass is 9.91. The van der Waals surface area contributed by atoms with Crippen LogP contribution in [0.3, 0.4) is 0 Å². The first-order valence-electron chi connectivity index (χ1n) is 5.38. The van der Waals surface area contributed by atoms with E-state index >= 15 is 0 Å². The first kappa shape index (κ1) is 11.2. The summed E-state index contributed by atoms with van der Waals surface area (Å²) in [6.07, 6.45) is 0. The summed E-state index contributed by atoms with van der Waals surface area (Å²) < 4.78 is 1.25. The van der Waals surface area contributed by atoms with Crippen molar-refractivity contribution in [2.75, 3.05) is 0 Å². The minimum atomic E-state index is 0.0428. The maximum Gasteiger partial charge on any atom is 0.101 e. The zero-order valence-corrected chi connectivity index (χ0v) is 10.9. The number of aryl methyl sites for hydroxylation is 1. The minimum absolute atomic E-state index is 0.0428. The van der Waals surface area contributed by atoms with Crippen LogP contribution >= 0.6 is 11.3 Å². The van der Waals surface area contributed by atoms with Gasteiger partial charge >= 0.3 is 0 Å². The van der Waals surface area contributed by atoms with Crippen molar-refractivity contribution in [1.82, 2.24) is 0 Å². The molecule has 0 aliphatic heterocycles. The first-order chi connectivity index (χ1) is 7.45. The molecule has 1 aromatic carbocycles. The Morgan fingerprint density at radius 2 is 1.94 bits per heavy atom. The molecule has 16 heavy (non-hydrogen) atoms. The van der Waals surface area contributed by atoms with Gasteiger partial charge in [0.25, 0.3) is 0 Å². The standard InChI is InChI=1S/C14H15NS/c1-9-6-5-7-10-11(8-15)13(14(2,3)4)16-12(9)10/h5-7H,1-4H3. The fourth-order valence-electron chi connectivity index (χ4n) is 1.90. The summed E-state index contributed by atoms with van der Waals surface area (Å²) in [6, 6.07) is 8.54. The Balaban J connectivity index is 2.88. The van der Waals surface area contributed by atoms with Gasteiger partial charge in [-0.1, -0.05) is 39.0 Å². The lowest BCUT2D eigenvalue weighted by Crippen LogP contribution is -2.10. The van der Waals surface area contributed by atoms with Crippen molar-refractivity contribution in [1.29, 1.82) is 5.26 Å². The molecule has 2 rings (SSSR count). The second kappa shape index (κ2) is 3.61. The summed E-state index contributed by atoms with van der Waals surface area (Å²) in [5.41, 5.74) is 2.16. The Morgan fingerprint density at radius 1 is 1.25 bits per heavy atom. The molecule has 0 fully saturated rings. The van der Waals surface area contributed by atoms with Gasteiger partial charge in [0, 0.05) is 15.0 Å². The highest BCUT2D eigenvalue weighted by molar-refractivity contribution is 7.19. The van der Waals surface area contributed by atoms with Gasteiger partial charge in [-0.3, -0.25) is 0 Å². The third-order valence-electron chi connectivity index (χ3n) is 2.71. The monoisotopic (exact) mass is 229 g/mol. The molecule has 0 N–H and O–H groups in total. The Hall–Kier alpha value is -1.33. The summed E-state index contributed by atoms with van der Waals surface area (Å²) in [4.78, 5) is 1.19. The Labute approximate surface area is 100 Å². The SMILES string of the molecule is Cc1cccc2c(C#N)c(C(C)(C)C)sc12. The van der Waals surface area contributed by atoms with E-state index in [9.17, 15) is 5.26 Å². The summed E-state index contributed by atoms with van der Waals surface area (Å²) in [5, 5.41) is 10.4. The molecule has 0 atom stereocenters. The van der Waals surface area contributed by atoms with Crippen molar-refractivity contribution in [2.45, 2.75) is 33.1 Å². The number of fused-ring (bicyclic) bond motifs is 1. The smallest absolute Gasteiger partial charge is 0.101 e. The van der Waals surface area contributed by atoms with Crippen LogP contribution in [0.1, 0.15) is 36.8 Å². The van der Waals surface area contributed by atoms with E-state index in [1.165, 1.54) is 15.1 Å². The van der Waals surface area contributed by atoms with Crippen LogP contribution in [0.2, 0.25) is 0 Å². The molecule has 0 saturated heterocycles. The normalized spacial score (nSPS) is 11.7. The van der Waals surface area contributed by atoms with Crippen LogP contribution < -0.4 is 0 Å². The Bertz CT molecular complexity index is 579. The van der Waals surface area contributed by atoms with Crippen LogP contribution in [0.25, 0.3) is 10.1 Å². The van der Waals surface area contributed by atoms with E-state index in [4.69, 9.17) is 0 Å². The number of benzene rings is 1. The van der Waals surface area contributed by atoms with Gasteiger partial charge in [-0.25, -0.2) is 0 Å². The molecule has 1 aromatic heterocycles. The largest absolute Gasteiger partial charge is 0.192 e. The Kier molecular flexibility index (Phi) is 2.52. The highest BCUT2D eigenvalue weighted by Gasteiger charge is 2.23. The first-order valence-corrected chi connectivity index (χ1v) is 6.19. The summed E-state index contributed by atoms with van der Waals surface area (Å²) in [7, 11) is 0. The van der Waals surface area contributed by atoms with Crippen molar-refractivity contribution >= 4 is 21.4 Å². The maximum absolute atomic E-state index is 9.32. The number of thiophene rings is 1. The number of hydrogen-bond donors (Lipinski definition) is 0. The lowest BCUT2D eigenvalue weighted by molar-refractivity contribution is 0.603. The fraction of sp³-hybridized carbons (Fsp3) is 0.357. The van der Waals surface area contributed by atoms with E-state index in [1.807, 2.05) is 12.1 Å². The van der Waals surface area contributed by atoms with E-state index in [1.54, 1.807) is 11.3 Å². The van der Waals surface area contributed by atoms with Crippen LogP contribution in [0.4, 0.5) is 0 Å². The molecule has 0 bridgehead atoms. The molecule has 0 aliphatic carbocycles. The van der Waals surface area contributed by atoms with E-state index in [2.05, 4.69) is 39.8 Å². The third-order valence-corrected chi connectivity index (χ3v) is 4.47. The summed E-state index contributed by atoms with van der Waals surface area (Å²) in [6.45, 7) is 8.59. The molecule has 0 amide bonds. The zero-order chi connectivity index (χ0) is 11.9. The zero-order valence-electron chi connectivity index (χ0n) is 10.1. The summed E-state index contributed by atoms with van der Waals surface area (Å²) >= 11 is 1.76. The van der Waals surface area contributed by atoms with Gasteiger partial charge in [-0.15, -0.1) is 11.3 Å². The molecule has 1 nitrogen and oxygen atoms in total. The lowest BCUT2D eigenvalue weighted by Gasteiger charge is -2.16. The van der Waals surface area contributed by atoms with Crippen LogP contribution in [-0.2, 0) is 5.41 Å². The average Bonchev–Trinajstić information content (AvgIpc) is 2.57. The molecule has 0 radical (unpaired) electrons. The molecular weight excluding hydrogens is 214 g/mol. The number of nitriles is 1. The van der Waals surface area contributed by atoms with Gasteiger partial charge in [0.15, 0.2) is 0 Å². The van der Waals surface area contributed by atoms with Gasteiger partial charge in [0.1, 0.15) is 6.07 Å². The van der Waals surface area contributed by atoms with Gasteiger partial charge in [0.2, 0.25) is 0 Å². The van der Waals surface area contributed by atoms with Gasteiger partial charge < -0.3 is 0 Å². The average molecular weight is 229 g/mol. The van der Waals surface area contributed by atoms with E-state index in [0.717, 1.165) is 10.9 Å². The predicted molar refractivity (Wildman–Crippen MR) is 70.0 cm³/mol. The molecular formula is C14H15NS. The van der Waals surface area contributed by atoms with Crippen molar-refractivity contribution in [2.24, 2.45) is 0 Å². The highest BCUT2D eigenvalue weighted by atomic mass is 32.1. The van der Waals surface area contributed by atoms with Crippen molar-refractivity contribution in [3.63, 3.8) is 0 Å². The summed E-state index contributed by atoms with van der Waals surface area (Å²) in [5.74, 6) is 0. The number of hydrogen-bond acceptors (Lipinski definition) is 2.